The van der Waals surface area contributed by atoms with Gasteiger partial charge in [0.2, 0.25) is 11.8 Å². The molecule has 1 aliphatic rings. The molecule has 4 heteroatoms. The second kappa shape index (κ2) is 4.77. The quantitative estimate of drug-likeness (QED) is 0.745. The minimum absolute atomic E-state index is 0.106. The second-order valence-corrected chi connectivity index (χ2v) is 5.21. The summed E-state index contributed by atoms with van der Waals surface area (Å²) in [7, 11) is 0. The molecule has 1 unspecified atom stereocenters. The number of imide groups is 1. The number of likely N-dealkylation sites (tertiary alicyclic amines) is 1. The highest BCUT2D eigenvalue weighted by Gasteiger charge is 2.54. The van der Waals surface area contributed by atoms with Crippen LogP contribution in [0.1, 0.15) is 53.4 Å². The van der Waals surface area contributed by atoms with E-state index in [-0.39, 0.29) is 24.8 Å². The second-order valence-electron chi connectivity index (χ2n) is 5.21. The first-order valence-electron chi connectivity index (χ1n) is 6.39. The lowest BCUT2D eigenvalue weighted by Crippen LogP contribution is -2.53. The van der Waals surface area contributed by atoms with Gasteiger partial charge in [-0.25, -0.2) is 0 Å². The molecule has 0 aliphatic carbocycles. The Hall–Kier alpha value is -0.900. The first-order chi connectivity index (χ1) is 7.90. The van der Waals surface area contributed by atoms with Crippen LogP contribution in [0.3, 0.4) is 0 Å². The molecular weight excluding hydrogens is 218 g/mol. The van der Waals surface area contributed by atoms with Gasteiger partial charge in [-0.2, -0.15) is 0 Å². The van der Waals surface area contributed by atoms with Crippen molar-refractivity contribution in [3.05, 3.63) is 0 Å². The minimum Gasteiger partial charge on any atom is -0.394 e. The van der Waals surface area contributed by atoms with Crippen molar-refractivity contribution in [2.45, 2.75) is 58.9 Å². The number of rotatable bonds is 5. The largest absolute Gasteiger partial charge is 0.394 e. The van der Waals surface area contributed by atoms with E-state index >= 15 is 0 Å². The first-order valence-corrected chi connectivity index (χ1v) is 6.39. The normalized spacial score (nSPS) is 23.0. The zero-order chi connectivity index (χ0) is 13.3. The molecule has 1 fully saturated rings. The molecule has 1 heterocycles. The van der Waals surface area contributed by atoms with Gasteiger partial charge in [0, 0.05) is 6.42 Å². The van der Waals surface area contributed by atoms with Gasteiger partial charge >= 0.3 is 0 Å². The van der Waals surface area contributed by atoms with E-state index < -0.39 is 11.0 Å². The van der Waals surface area contributed by atoms with Crippen LogP contribution in [0.25, 0.3) is 0 Å². The fourth-order valence-corrected chi connectivity index (χ4v) is 2.48. The number of carbonyl (C=O) groups is 2. The van der Waals surface area contributed by atoms with Crippen molar-refractivity contribution in [1.82, 2.24) is 4.90 Å². The average Bonchev–Trinajstić information content (AvgIpc) is 2.61. The molecule has 4 nitrogen and oxygen atoms in total. The third-order valence-electron chi connectivity index (χ3n) is 4.39. The lowest BCUT2D eigenvalue weighted by atomic mass is 9.80. The Morgan fingerprint density at radius 2 is 1.82 bits per heavy atom. The van der Waals surface area contributed by atoms with Gasteiger partial charge in [0.25, 0.3) is 0 Å². The highest BCUT2D eigenvalue weighted by molar-refractivity contribution is 6.06. The molecule has 1 atom stereocenters. The molecule has 1 rings (SSSR count). The Morgan fingerprint density at radius 1 is 1.29 bits per heavy atom. The van der Waals surface area contributed by atoms with Crippen LogP contribution in [-0.4, -0.2) is 34.0 Å². The third-order valence-corrected chi connectivity index (χ3v) is 4.39. The van der Waals surface area contributed by atoms with Crippen LogP contribution in [0.4, 0.5) is 0 Å². The van der Waals surface area contributed by atoms with Gasteiger partial charge in [-0.1, -0.05) is 20.8 Å². The lowest BCUT2D eigenvalue weighted by molar-refractivity contribution is -0.150. The molecule has 2 amide bonds. The van der Waals surface area contributed by atoms with Crippen molar-refractivity contribution < 1.29 is 14.7 Å². The van der Waals surface area contributed by atoms with Crippen LogP contribution in [0.15, 0.2) is 0 Å². The summed E-state index contributed by atoms with van der Waals surface area (Å²) in [6.07, 6.45) is 2.21. The minimum atomic E-state index is -0.750. The van der Waals surface area contributed by atoms with Crippen LogP contribution in [-0.2, 0) is 9.59 Å². The van der Waals surface area contributed by atoms with E-state index in [1.807, 2.05) is 20.8 Å². The summed E-state index contributed by atoms with van der Waals surface area (Å²) in [6.45, 7) is 7.37. The maximum absolute atomic E-state index is 12.5. The van der Waals surface area contributed by atoms with Gasteiger partial charge in [-0.05, 0) is 26.2 Å². The van der Waals surface area contributed by atoms with Gasteiger partial charge in [0.05, 0.1) is 17.6 Å². The number of amides is 2. The molecule has 0 aromatic heterocycles. The third kappa shape index (κ3) is 1.99. The molecular formula is C13H23NO3. The molecule has 1 saturated heterocycles. The molecule has 98 valence electrons. The Kier molecular flexibility index (Phi) is 3.97. The summed E-state index contributed by atoms with van der Waals surface area (Å²) in [5.41, 5.74) is -1.29. The Morgan fingerprint density at radius 3 is 2.12 bits per heavy atom. The van der Waals surface area contributed by atoms with Gasteiger partial charge in [0.15, 0.2) is 0 Å². The van der Waals surface area contributed by atoms with Crippen molar-refractivity contribution in [2.24, 2.45) is 5.41 Å². The summed E-state index contributed by atoms with van der Waals surface area (Å²) >= 11 is 0. The average molecular weight is 241 g/mol. The zero-order valence-corrected chi connectivity index (χ0v) is 11.2. The van der Waals surface area contributed by atoms with E-state index in [0.717, 1.165) is 0 Å². The van der Waals surface area contributed by atoms with Crippen LogP contribution in [0, 0.1) is 5.41 Å². The lowest BCUT2D eigenvalue weighted by Gasteiger charge is -2.36. The molecule has 1 N–H and O–H groups in total. The molecule has 0 bridgehead atoms. The van der Waals surface area contributed by atoms with E-state index in [9.17, 15) is 14.7 Å². The molecule has 17 heavy (non-hydrogen) atoms. The van der Waals surface area contributed by atoms with Crippen LogP contribution in [0.2, 0.25) is 0 Å². The number of nitrogens with zero attached hydrogens (tertiary/aromatic N) is 1. The van der Waals surface area contributed by atoms with Gasteiger partial charge < -0.3 is 5.11 Å². The number of aliphatic hydroxyl groups is 1. The predicted molar refractivity (Wildman–Crippen MR) is 65.3 cm³/mol. The first kappa shape index (κ1) is 14.2. The topological polar surface area (TPSA) is 57.6 Å². The maximum atomic E-state index is 12.5. The maximum Gasteiger partial charge on any atom is 0.236 e. The van der Waals surface area contributed by atoms with Crippen LogP contribution in [0.5, 0.6) is 0 Å². The SMILES string of the molecule is CCC1(CC)CC(=O)N(C(C)(CC)CO)C1=O. The Labute approximate surface area is 103 Å². The number of hydrogen-bond donors (Lipinski definition) is 1. The van der Waals surface area contributed by atoms with E-state index in [2.05, 4.69) is 0 Å². The summed E-state index contributed by atoms with van der Waals surface area (Å²) < 4.78 is 0. The summed E-state index contributed by atoms with van der Waals surface area (Å²) in [5.74, 6) is -0.247. The summed E-state index contributed by atoms with van der Waals surface area (Å²) in [6, 6.07) is 0. The van der Waals surface area contributed by atoms with Crippen molar-refractivity contribution in [1.29, 1.82) is 0 Å². The molecule has 0 aromatic carbocycles. The number of aliphatic hydroxyl groups excluding tert-OH is 1. The highest BCUT2D eigenvalue weighted by Crippen LogP contribution is 2.42. The van der Waals surface area contributed by atoms with E-state index in [0.29, 0.717) is 19.3 Å². The van der Waals surface area contributed by atoms with E-state index in [1.165, 1.54) is 4.90 Å². The summed E-state index contributed by atoms with van der Waals surface area (Å²) in [5, 5.41) is 9.45. The van der Waals surface area contributed by atoms with Crippen LogP contribution < -0.4 is 0 Å². The molecule has 0 radical (unpaired) electrons. The van der Waals surface area contributed by atoms with E-state index in [1.54, 1.807) is 6.92 Å². The fraction of sp³-hybridized carbons (Fsp3) is 0.846. The zero-order valence-electron chi connectivity index (χ0n) is 11.2. The molecule has 0 spiro atoms. The molecule has 0 saturated carbocycles. The fourth-order valence-electron chi connectivity index (χ4n) is 2.48. The van der Waals surface area contributed by atoms with Crippen molar-refractivity contribution >= 4 is 11.8 Å². The van der Waals surface area contributed by atoms with Gasteiger partial charge in [-0.15, -0.1) is 0 Å². The highest BCUT2D eigenvalue weighted by atomic mass is 16.3. The van der Waals surface area contributed by atoms with Crippen LogP contribution >= 0.6 is 0 Å². The van der Waals surface area contributed by atoms with Crippen molar-refractivity contribution in [3.63, 3.8) is 0 Å². The monoisotopic (exact) mass is 241 g/mol. The Bertz CT molecular complexity index is 317. The number of hydrogen-bond acceptors (Lipinski definition) is 3. The van der Waals surface area contributed by atoms with Crippen molar-refractivity contribution in [2.75, 3.05) is 6.61 Å². The van der Waals surface area contributed by atoms with E-state index in [4.69, 9.17) is 0 Å². The predicted octanol–water partition coefficient (Wildman–Crippen LogP) is 1.71. The number of carbonyl (C=O) groups excluding carboxylic acids is 2. The molecule has 0 aromatic rings. The van der Waals surface area contributed by atoms with Crippen molar-refractivity contribution in [3.8, 4) is 0 Å². The standard InChI is InChI=1S/C13H23NO3/c1-5-12(4,9-15)14-10(16)8-13(6-2,7-3)11(14)17/h15H,5-9H2,1-4H3. The summed E-state index contributed by atoms with van der Waals surface area (Å²) in [4.78, 5) is 25.8. The Balaban J connectivity index is 3.13. The van der Waals surface area contributed by atoms with Gasteiger partial charge in [0.1, 0.15) is 0 Å². The molecule has 1 aliphatic heterocycles. The van der Waals surface area contributed by atoms with Gasteiger partial charge in [-0.3, -0.25) is 14.5 Å². The smallest absolute Gasteiger partial charge is 0.236 e.